The topological polar surface area (TPSA) is 58.7 Å². The molecule has 0 aliphatic carbocycles. The van der Waals surface area contributed by atoms with E-state index in [9.17, 15) is 4.79 Å². The van der Waals surface area contributed by atoms with Gasteiger partial charge in [-0.1, -0.05) is 0 Å². The molecular weight excluding hydrogens is 118 g/mol. The summed E-state index contributed by atoms with van der Waals surface area (Å²) >= 11 is 0. The van der Waals surface area contributed by atoms with Gasteiger partial charge in [0, 0.05) is 26.7 Å². The highest BCUT2D eigenvalue weighted by molar-refractivity contribution is 5.74. The van der Waals surface area contributed by atoms with E-state index < -0.39 is 0 Å². The number of hydrogen-bond donors (Lipinski definition) is 1. The van der Waals surface area contributed by atoms with E-state index in [0.29, 0.717) is 6.54 Å². The minimum atomic E-state index is -0.0975. The van der Waals surface area contributed by atoms with Gasteiger partial charge in [0.15, 0.2) is 0 Å². The molecule has 0 heterocycles. The predicted octanol–water partition coefficient (Wildman–Crippen LogP) is -0.591. The van der Waals surface area contributed by atoms with Crippen LogP contribution in [0.4, 0.5) is 0 Å². The summed E-state index contributed by atoms with van der Waals surface area (Å²) in [5.74, 6) is -0.0975. The Morgan fingerprint density at radius 3 is 2.78 bits per heavy atom. The lowest BCUT2D eigenvalue weighted by Gasteiger charge is -2.04. The lowest BCUT2D eigenvalue weighted by molar-refractivity contribution is -0.127. The third-order valence-corrected chi connectivity index (χ3v) is 0.816. The second-order valence-electron chi connectivity index (χ2n) is 1.58. The zero-order valence-electron chi connectivity index (χ0n) is 5.66. The highest BCUT2D eigenvalue weighted by Gasteiger charge is 1.94. The maximum Gasteiger partial charge on any atom is 0.239 e. The van der Waals surface area contributed by atoms with Gasteiger partial charge in [0.05, 0.1) is 0 Å². The smallest absolute Gasteiger partial charge is 0.239 e. The number of amides is 1. The van der Waals surface area contributed by atoms with E-state index in [1.165, 1.54) is 18.1 Å². The Hall–Kier alpha value is -0.900. The minimum absolute atomic E-state index is 0.0975. The largest absolute Gasteiger partial charge is 0.326 e. The number of hydrogen-bond acceptors (Lipinski definition) is 3. The van der Waals surface area contributed by atoms with Crippen molar-refractivity contribution in [3.8, 4) is 0 Å². The highest BCUT2D eigenvalue weighted by atomic mass is 16.2. The number of carbonyl (C=O) groups excluding carboxylic acids is 1. The lowest BCUT2D eigenvalue weighted by Crippen LogP contribution is -2.18. The number of rotatable bonds is 2. The first-order chi connectivity index (χ1) is 4.18. The summed E-state index contributed by atoms with van der Waals surface area (Å²) in [6.45, 7) is 1.80. The van der Waals surface area contributed by atoms with E-state index in [1.54, 1.807) is 7.05 Å². The maximum absolute atomic E-state index is 10.4. The second kappa shape index (κ2) is 4.03. The summed E-state index contributed by atoms with van der Waals surface area (Å²) < 4.78 is 0. The van der Waals surface area contributed by atoms with Crippen molar-refractivity contribution >= 4 is 12.1 Å². The van der Waals surface area contributed by atoms with Crippen LogP contribution >= 0.6 is 0 Å². The molecule has 0 unspecified atom stereocenters. The van der Waals surface area contributed by atoms with Crippen LogP contribution in [0.3, 0.4) is 0 Å². The molecule has 0 aromatic heterocycles. The standard InChI is InChI=1S/C5H11N3O/c1-5(9)8(2)7-4-3-6/h4H,3,6H2,1-2H3. The van der Waals surface area contributed by atoms with Gasteiger partial charge in [-0.2, -0.15) is 5.10 Å². The van der Waals surface area contributed by atoms with Crippen molar-refractivity contribution in [3.63, 3.8) is 0 Å². The van der Waals surface area contributed by atoms with E-state index in [2.05, 4.69) is 5.10 Å². The average Bonchev–Trinajstić information content (AvgIpc) is 1.82. The van der Waals surface area contributed by atoms with Crippen molar-refractivity contribution in [1.82, 2.24) is 5.01 Å². The van der Waals surface area contributed by atoms with Gasteiger partial charge >= 0.3 is 0 Å². The molecule has 4 heteroatoms. The molecule has 0 spiro atoms. The number of carbonyl (C=O) groups is 1. The van der Waals surface area contributed by atoms with E-state index in [0.717, 1.165) is 0 Å². The minimum Gasteiger partial charge on any atom is -0.326 e. The van der Waals surface area contributed by atoms with Crippen LogP contribution in [-0.2, 0) is 4.79 Å². The molecule has 52 valence electrons. The van der Waals surface area contributed by atoms with Crippen molar-refractivity contribution in [1.29, 1.82) is 0 Å². The molecule has 1 amide bonds. The predicted molar refractivity (Wildman–Crippen MR) is 36.0 cm³/mol. The molecular formula is C5H11N3O. The van der Waals surface area contributed by atoms with Gasteiger partial charge < -0.3 is 5.73 Å². The van der Waals surface area contributed by atoms with Gasteiger partial charge in [-0.05, 0) is 0 Å². The molecule has 0 bridgehead atoms. The summed E-state index contributed by atoms with van der Waals surface area (Å²) in [4.78, 5) is 10.4. The van der Waals surface area contributed by atoms with Gasteiger partial charge in [-0.25, -0.2) is 5.01 Å². The van der Waals surface area contributed by atoms with Crippen LogP contribution < -0.4 is 5.73 Å². The van der Waals surface area contributed by atoms with Crippen LogP contribution in [-0.4, -0.2) is 30.7 Å². The molecule has 0 saturated heterocycles. The summed E-state index contributed by atoms with van der Waals surface area (Å²) in [5.41, 5.74) is 5.09. The number of nitrogens with zero attached hydrogens (tertiary/aromatic N) is 2. The Bertz CT molecular complexity index is 121. The quantitative estimate of drug-likeness (QED) is 0.400. The van der Waals surface area contributed by atoms with Gasteiger partial charge in [-0.15, -0.1) is 0 Å². The van der Waals surface area contributed by atoms with Crippen LogP contribution in [0.2, 0.25) is 0 Å². The monoisotopic (exact) mass is 129 g/mol. The molecule has 0 saturated carbocycles. The van der Waals surface area contributed by atoms with Crippen LogP contribution in [0.1, 0.15) is 6.92 Å². The molecule has 2 N–H and O–H groups in total. The van der Waals surface area contributed by atoms with Crippen molar-refractivity contribution in [2.45, 2.75) is 6.92 Å². The Labute approximate surface area is 54.3 Å². The maximum atomic E-state index is 10.4. The van der Waals surface area contributed by atoms with Crippen molar-refractivity contribution in [3.05, 3.63) is 0 Å². The fourth-order valence-electron chi connectivity index (χ4n) is 0.251. The van der Waals surface area contributed by atoms with Crippen molar-refractivity contribution in [2.24, 2.45) is 10.8 Å². The molecule has 0 fully saturated rings. The molecule has 0 rings (SSSR count). The summed E-state index contributed by atoms with van der Waals surface area (Å²) in [7, 11) is 1.58. The Kier molecular flexibility index (Phi) is 3.62. The summed E-state index contributed by atoms with van der Waals surface area (Å²) in [6.07, 6.45) is 1.47. The van der Waals surface area contributed by atoms with Gasteiger partial charge in [0.25, 0.3) is 0 Å². The van der Waals surface area contributed by atoms with Crippen LogP contribution in [0, 0.1) is 0 Å². The second-order valence-corrected chi connectivity index (χ2v) is 1.58. The fraction of sp³-hybridized carbons (Fsp3) is 0.600. The van der Waals surface area contributed by atoms with E-state index in [4.69, 9.17) is 5.73 Å². The molecule has 9 heavy (non-hydrogen) atoms. The van der Waals surface area contributed by atoms with Crippen molar-refractivity contribution in [2.75, 3.05) is 13.6 Å². The molecule has 0 atom stereocenters. The SMILES string of the molecule is CC(=O)N(C)N=CCN. The molecule has 0 aromatic rings. The normalized spacial score (nSPS) is 10.1. The van der Waals surface area contributed by atoms with Crippen LogP contribution in [0.15, 0.2) is 5.10 Å². The van der Waals surface area contributed by atoms with Crippen LogP contribution in [0.25, 0.3) is 0 Å². The number of nitrogens with two attached hydrogens (primary N) is 1. The highest BCUT2D eigenvalue weighted by Crippen LogP contribution is 1.80. The van der Waals surface area contributed by atoms with E-state index in [1.807, 2.05) is 0 Å². The first kappa shape index (κ1) is 8.10. The van der Waals surface area contributed by atoms with E-state index >= 15 is 0 Å². The molecule has 0 radical (unpaired) electrons. The van der Waals surface area contributed by atoms with Gasteiger partial charge in [-0.3, -0.25) is 4.79 Å². The molecule has 0 aliphatic heterocycles. The van der Waals surface area contributed by atoms with Gasteiger partial charge in [0.2, 0.25) is 5.91 Å². The first-order valence-electron chi connectivity index (χ1n) is 2.65. The zero-order chi connectivity index (χ0) is 7.28. The Balaban J connectivity index is 3.62. The summed E-state index contributed by atoms with van der Waals surface area (Å²) in [5, 5.41) is 4.90. The van der Waals surface area contributed by atoms with Gasteiger partial charge in [0.1, 0.15) is 0 Å². The van der Waals surface area contributed by atoms with Crippen molar-refractivity contribution < 1.29 is 4.79 Å². The lowest BCUT2D eigenvalue weighted by atomic mass is 10.7. The molecule has 0 aromatic carbocycles. The summed E-state index contributed by atoms with van der Waals surface area (Å²) in [6, 6.07) is 0. The fourth-order valence-corrected chi connectivity index (χ4v) is 0.251. The van der Waals surface area contributed by atoms with E-state index in [-0.39, 0.29) is 5.91 Å². The Morgan fingerprint density at radius 1 is 1.89 bits per heavy atom. The number of hydrazone groups is 1. The molecule has 0 aliphatic rings. The average molecular weight is 129 g/mol. The third kappa shape index (κ3) is 3.66. The zero-order valence-corrected chi connectivity index (χ0v) is 5.66. The molecule has 4 nitrogen and oxygen atoms in total. The first-order valence-corrected chi connectivity index (χ1v) is 2.65. The Morgan fingerprint density at radius 2 is 2.44 bits per heavy atom. The third-order valence-electron chi connectivity index (χ3n) is 0.816. The van der Waals surface area contributed by atoms with Crippen LogP contribution in [0.5, 0.6) is 0 Å².